The van der Waals surface area contributed by atoms with E-state index in [0.29, 0.717) is 17.1 Å². The van der Waals surface area contributed by atoms with Crippen molar-refractivity contribution >= 4 is 0 Å². The molecule has 0 amide bonds. The minimum atomic E-state index is -0.351. The highest BCUT2D eigenvalue weighted by molar-refractivity contribution is 5.51. The number of benzene rings is 2. The molecule has 3 nitrogen and oxygen atoms in total. The summed E-state index contributed by atoms with van der Waals surface area (Å²) in [5.41, 5.74) is 2.36. The van der Waals surface area contributed by atoms with Gasteiger partial charge in [0.1, 0.15) is 17.3 Å². The molecule has 1 atom stereocenters. The monoisotopic (exact) mass is 289 g/mol. The molecule has 2 aromatic carbocycles. The van der Waals surface area contributed by atoms with Crippen molar-refractivity contribution in [1.29, 1.82) is 0 Å². The first-order chi connectivity index (χ1) is 10.1. The van der Waals surface area contributed by atoms with E-state index in [1.165, 1.54) is 6.07 Å². The van der Waals surface area contributed by atoms with Crippen LogP contribution < -0.4 is 14.8 Å². The summed E-state index contributed by atoms with van der Waals surface area (Å²) in [6.07, 6.45) is 0. The average Bonchev–Trinajstić information content (AvgIpc) is 2.51. The second kappa shape index (κ2) is 6.59. The summed E-state index contributed by atoms with van der Waals surface area (Å²) < 4.78 is 25.1. The van der Waals surface area contributed by atoms with Gasteiger partial charge in [-0.2, -0.15) is 0 Å². The zero-order chi connectivity index (χ0) is 15.4. The Labute approximate surface area is 124 Å². The van der Waals surface area contributed by atoms with E-state index in [-0.39, 0.29) is 11.9 Å². The molecular formula is C17H20FNO2. The lowest BCUT2D eigenvalue weighted by molar-refractivity contribution is 0.377. The van der Waals surface area contributed by atoms with Crippen LogP contribution in [-0.4, -0.2) is 21.3 Å². The number of nitrogens with one attached hydrogen (secondary N) is 1. The maximum absolute atomic E-state index is 14.2. The molecule has 0 saturated carbocycles. The molecular weight excluding hydrogens is 269 g/mol. The summed E-state index contributed by atoms with van der Waals surface area (Å²) in [5, 5.41) is 3.15. The predicted octanol–water partition coefficient (Wildman–Crippen LogP) is 3.46. The number of halogens is 1. The van der Waals surface area contributed by atoms with Gasteiger partial charge in [-0.3, -0.25) is 0 Å². The number of methoxy groups -OCH3 is 2. The normalized spacial score (nSPS) is 12.0. The molecule has 2 rings (SSSR count). The molecule has 4 heteroatoms. The van der Waals surface area contributed by atoms with Crippen molar-refractivity contribution in [3.63, 3.8) is 0 Å². The van der Waals surface area contributed by atoms with E-state index in [4.69, 9.17) is 9.47 Å². The van der Waals surface area contributed by atoms with Gasteiger partial charge < -0.3 is 14.8 Å². The lowest BCUT2D eigenvalue weighted by Gasteiger charge is -2.23. The highest BCUT2D eigenvalue weighted by Crippen LogP contribution is 2.38. The number of ether oxygens (including phenoxy) is 2. The van der Waals surface area contributed by atoms with Crippen LogP contribution in [0.2, 0.25) is 0 Å². The molecule has 2 aromatic rings. The fourth-order valence-corrected chi connectivity index (χ4v) is 2.50. The summed E-state index contributed by atoms with van der Waals surface area (Å²) in [6.45, 7) is 1.94. The SMILES string of the molecule is CNC(c1cc(C)ccc1F)c1c(OC)cccc1OC. The zero-order valence-electron chi connectivity index (χ0n) is 12.7. The standard InChI is InChI=1S/C17H20FNO2/c1-11-8-9-13(18)12(10-11)17(19-2)16-14(20-3)6-5-7-15(16)21-4/h5-10,17,19H,1-4H3. The first-order valence-electron chi connectivity index (χ1n) is 6.76. The fourth-order valence-electron chi connectivity index (χ4n) is 2.50. The van der Waals surface area contributed by atoms with Gasteiger partial charge in [0.2, 0.25) is 0 Å². The van der Waals surface area contributed by atoms with Crippen LogP contribution in [0.4, 0.5) is 4.39 Å². The Morgan fingerprint density at radius 3 is 2.19 bits per heavy atom. The van der Waals surface area contributed by atoms with Crippen molar-refractivity contribution in [2.75, 3.05) is 21.3 Å². The van der Waals surface area contributed by atoms with Gasteiger partial charge in [0, 0.05) is 5.56 Å². The Morgan fingerprint density at radius 1 is 1.05 bits per heavy atom. The van der Waals surface area contributed by atoms with Gasteiger partial charge in [0.15, 0.2) is 0 Å². The van der Waals surface area contributed by atoms with Crippen molar-refractivity contribution in [3.05, 3.63) is 58.9 Å². The fraction of sp³-hybridized carbons (Fsp3) is 0.294. The molecule has 1 N–H and O–H groups in total. The van der Waals surface area contributed by atoms with Crippen LogP contribution in [0.5, 0.6) is 11.5 Å². The average molecular weight is 289 g/mol. The van der Waals surface area contributed by atoms with Crippen molar-refractivity contribution < 1.29 is 13.9 Å². The van der Waals surface area contributed by atoms with E-state index in [1.807, 2.05) is 31.2 Å². The second-order valence-corrected chi connectivity index (χ2v) is 4.82. The van der Waals surface area contributed by atoms with Gasteiger partial charge in [0.25, 0.3) is 0 Å². The van der Waals surface area contributed by atoms with E-state index < -0.39 is 0 Å². The van der Waals surface area contributed by atoms with E-state index >= 15 is 0 Å². The summed E-state index contributed by atoms with van der Waals surface area (Å²) in [4.78, 5) is 0. The molecule has 0 aliphatic rings. The number of hydrogen-bond donors (Lipinski definition) is 1. The minimum absolute atomic E-state index is 0.257. The van der Waals surface area contributed by atoms with Crippen molar-refractivity contribution in [2.45, 2.75) is 13.0 Å². The molecule has 1 unspecified atom stereocenters. The van der Waals surface area contributed by atoms with E-state index in [0.717, 1.165) is 11.1 Å². The molecule has 0 aliphatic carbocycles. The molecule has 0 radical (unpaired) electrons. The quantitative estimate of drug-likeness (QED) is 0.914. The zero-order valence-corrected chi connectivity index (χ0v) is 12.7. The van der Waals surface area contributed by atoms with Gasteiger partial charge in [-0.1, -0.05) is 23.8 Å². The third-order valence-corrected chi connectivity index (χ3v) is 3.51. The number of hydrogen-bond acceptors (Lipinski definition) is 3. The highest BCUT2D eigenvalue weighted by Gasteiger charge is 2.23. The van der Waals surface area contributed by atoms with Crippen LogP contribution in [0.25, 0.3) is 0 Å². The topological polar surface area (TPSA) is 30.5 Å². The molecule has 112 valence electrons. The molecule has 0 aliphatic heterocycles. The highest BCUT2D eigenvalue weighted by atomic mass is 19.1. The predicted molar refractivity (Wildman–Crippen MR) is 81.6 cm³/mol. The summed E-state index contributed by atoms with van der Waals surface area (Å²) >= 11 is 0. The Morgan fingerprint density at radius 2 is 1.67 bits per heavy atom. The maximum atomic E-state index is 14.2. The third kappa shape index (κ3) is 3.00. The smallest absolute Gasteiger partial charge is 0.128 e. The lowest BCUT2D eigenvalue weighted by Crippen LogP contribution is -2.20. The largest absolute Gasteiger partial charge is 0.496 e. The Balaban J connectivity index is 2.63. The van der Waals surface area contributed by atoms with Crippen molar-refractivity contribution in [1.82, 2.24) is 5.32 Å². The minimum Gasteiger partial charge on any atom is -0.496 e. The van der Waals surface area contributed by atoms with Crippen LogP contribution in [0.15, 0.2) is 36.4 Å². The van der Waals surface area contributed by atoms with Gasteiger partial charge in [0.05, 0.1) is 25.8 Å². The molecule has 0 bridgehead atoms. The molecule has 0 spiro atoms. The number of aryl methyl sites for hydroxylation is 1. The summed E-state index contributed by atoms with van der Waals surface area (Å²) in [5.74, 6) is 1.07. The molecule has 0 fully saturated rings. The number of rotatable bonds is 5. The molecule has 0 aromatic heterocycles. The van der Waals surface area contributed by atoms with E-state index in [2.05, 4.69) is 5.32 Å². The summed E-state index contributed by atoms with van der Waals surface area (Å²) in [6, 6.07) is 10.3. The molecule has 0 saturated heterocycles. The Bertz CT molecular complexity index is 606. The van der Waals surface area contributed by atoms with Crippen LogP contribution >= 0.6 is 0 Å². The van der Waals surface area contributed by atoms with Gasteiger partial charge in [-0.15, -0.1) is 0 Å². The first kappa shape index (κ1) is 15.3. The Hall–Kier alpha value is -2.07. The Kier molecular flexibility index (Phi) is 4.81. The first-order valence-corrected chi connectivity index (χ1v) is 6.76. The van der Waals surface area contributed by atoms with Gasteiger partial charge in [-0.05, 0) is 32.2 Å². The molecule has 21 heavy (non-hydrogen) atoms. The van der Waals surface area contributed by atoms with Crippen molar-refractivity contribution in [2.24, 2.45) is 0 Å². The van der Waals surface area contributed by atoms with Crippen LogP contribution in [0.3, 0.4) is 0 Å². The van der Waals surface area contributed by atoms with E-state index in [9.17, 15) is 4.39 Å². The third-order valence-electron chi connectivity index (χ3n) is 3.51. The molecule has 0 heterocycles. The maximum Gasteiger partial charge on any atom is 0.128 e. The van der Waals surface area contributed by atoms with Crippen LogP contribution in [0.1, 0.15) is 22.7 Å². The van der Waals surface area contributed by atoms with Crippen LogP contribution in [0, 0.1) is 12.7 Å². The summed E-state index contributed by atoms with van der Waals surface area (Å²) in [7, 11) is 4.98. The van der Waals surface area contributed by atoms with E-state index in [1.54, 1.807) is 27.3 Å². The second-order valence-electron chi connectivity index (χ2n) is 4.82. The van der Waals surface area contributed by atoms with Gasteiger partial charge >= 0.3 is 0 Å². The van der Waals surface area contributed by atoms with Crippen LogP contribution in [-0.2, 0) is 0 Å². The lowest BCUT2D eigenvalue weighted by atomic mass is 9.95. The van der Waals surface area contributed by atoms with Gasteiger partial charge in [-0.25, -0.2) is 4.39 Å². The van der Waals surface area contributed by atoms with Crippen molar-refractivity contribution in [3.8, 4) is 11.5 Å².